The molecule has 0 spiro atoms. The van der Waals surface area contributed by atoms with Crippen molar-refractivity contribution >= 4 is 0 Å². The van der Waals surface area contributed by atoms with Gasteiger partial charge in [0.15, 0.2) is 0 Å². The van der Waals surface area contributed by atoms with Crippen molar-refractivity contribution in [3.05, 3.63) is 11.8 Å². The average molecular weight is 110 g/mol. The van der Waals surface area contributed by atoms with E-state index in [2.05, 4.69) is 16.7 Å². The first-order valence-electron chi connectivity index (χ1n) is 3.14. The molecule has 0 bridgehead atoms. The molecule has 1 saturated heterocycles. The summed E-state index contributed by atoms with van der Waals surface area (Å²) in [5.41, 5.74) is 1.42. The molecule has 1 fully saturated rings. The van der Waals surface area contributed by atoms with Crippen molar-refractivity contribution in [1.82, 2.24) is 10.6 Å². The lowest BCUT2D eigenvalue weighted by molar-refractivity contribution is 0.642. The van der Waals surface area contributed by atoms with Gasteiger partial charge in [-0.15, -0.1) is 0 Å². The van der Waals surface area contributed by atoms with Crippen molar-refractivity contribution in [1.29, 1.82) is 0 Å². The maximum absolute atomic E-state index is 3.34. The van der Waals surface area contributed by atoms with Crippen LogP contribution in [0.2, 0.25) is 0 Å². The summed E-state index contributed by atoms with van der Waals surface area (Å²) in [7, 11) is 0. The minimum Gasteiger partial charge on any atom is -0.375 e. The molecule has 0 amide bonds. The van der Waals surface area contributed by atoms with Crippen LogP contribution in [0.1, 0.15) is 12.8 Å². The topological polar surface area (TPSA) is 24.1 Å². The first-order chi connectivity index (χ1) is 3.97. The minimum absolute atomic E-state index is 0.676. The number of hydrogen-bond acceptors (Lipinski definition) is 2. The van der Waals surface area contributed by atoms with Crippen LogP contribution < -0.4 is 10.6 Å². The lowest BCUT2D eigenvalue weighted by Gasteiger charge is -1.99. The highest BCUT2D eigenvalue weighted by molar-refractivity contribution is 5.17. The molecule has 1 aliphatic carbocycles. The van der Waals surface area contributed by atoms with Crippen molar-refractivity contribution < 1.29 is 0 Å². The molecule has 2 nitrogen and oxygen atoms in total. The van der Waals surface area contributed by atoms with Gasteiger partial charge in [-0.05, 0) is 12.8 Å². The van der Waals surface area contributed by atoms with E-state index in [9.17, 15) is 0 Å². The van der Waals surface area contributed by atoms with Gasteiger partial charge in [-0.2, -0.15) is 0 Å². The number of rotatable bonds is 0. The van der Waals surface area contributed by atoms with Gasteiger partial charge in [0.1, 0.15) is 0 Å². The molecule has 0 radical (unpaired) electrons. The monoisotopic (exact) mass is 110 g/mol. The molecule has 2 rings (SSSR count). The third-order valence-electron chi connectivity index (χ3n) is 1.84. The number of fused-ring (bicyclic) bond motifs is 1. The van der Waals surface area contributed by atoms with Gasteiger partial charge in [0.25, 0.3) is 0 Å². The summed E-state index contributed by atoms with van der Waals surface area (Å²) in [5.74, 6) is 0. The van der Waals surface area contributed by atoms with E-state index in [1.807, 2.05) is 0 Å². The van der Waals surface area contributed by atoms with Gasteiger partial charge in [-0.25, -0.2) is 0 Å². The summed E-state index contributed by atoms with van der Waals surface area (Å²) < 4.78 is 0. The summed E-state index contributed by atoms with van der Waals surface area (Å²) in [6, 6.07) is 0.676. The molecule has 0 saturated carbocycles. The second-order valence-electron chi connectivity index (χ2n) is 2.35. The molecule has 2 heteroatoms. The van der Waals surface area contributed by atoms with E-state index in [4.69, 9.17) is 0 Å². The quantitative estimate of drug-likeness (QED) is 0.465. The van der Waals surface area contributed by atoms with E-state index < -0.39 is 0 Å². The number of hydrogen-bond donors (Lipinski definition) is 2. The van der Waals surface area contributed by atoms with E-state index >= 15 is 0 Å². The molecular weight excluding hydrogens is 100 g/mol. The van der Waals surface area contributed by atoms with Crippen molar-refractivity contribution in [2.75, 3.05) is 6.67 Å². The smallest absolute Gasteiger partial charge is 0.0656 e. The molecule has 0 aromatic heterocycles. The predicted octanol–water partition coefficient (Wildman–Crippen LogP) is 0.183. The molecular formula is C6H10N2. The molecule has 2 N–H and O–H groups in total. The number of nitrogens with one attached hydrogen (secondary N) is 2. The van der Waals surface area contributed by atoms with Crippen LogP contribution >= 0.6 is 0 Å². The van der Waals surface area contributed by atoms with Crippen molar-refractivity contribution in [3.63, 3.8) is 0 Å². The van der Waals surface area contributed by atoms with E-state index in [0.717, 1.165) is 6.67 Å². The maximum Gasteiger partial charge on any atom is 0.0656 e. The predicted molar refractivity (Wildman–Crippen MR) is 32.2 cm³/mol. The molecule has 1 heterocycles. The molecule has 44 valence electrons. The second kappa shape index (κ2) is 1.49. The maximum atomic E-state index is 3.34. The molecule has 0 aromatic rings. The van der Waals surface area contributed by atoms with Gasteiger partial charge in [0.2, 0.25) is 0 Å². The Morgan fingerprint density at radius 3 is 3.50 bits per heavy atom. The highest BCUT2D eigenvalue weighted by Gasteiger charge is 2.22. The molecule has 1 unspecified atom stereocenters. The van der Waals surface area contributed by atoms with E-state index in [0.29, 0.717) is 6.04 Å². The second-order valence-corrected chi connectivity index (χ2v) is 2.35. The summed E-state index contributed by atoms with van der Waals surface area (Å²) in [6.45, 7) is 0.969. The molecule has 1 atom stereocenters. The molecule has 2 aliphatic rings. The fraction of sp³-hybridized carbons (Fsp3) is 0.667. The van der Waals surface area contributed by atoms with E-state index in [1.165, 1.54) is 18.5 Å². The van der Waals surface area contributed by atoms with Gasteiger partial charge >= 0.3 is 0 Å². The van der Waals surface area contributed by atoms with Gasteiger partial charge in [-0.1, -0.05) is 6.08 Å². The van der Waals surface area contributed by atoms with Crippen LogP contribution in [0.3, 0.4) is 0 Å². The molecule has 0 aromatic carbocycles. The Hall–Kier alpha value is -0.500. The normalized spacial score (nSPS) is 34.0. The molecule has 1 aliphatic heterocycles. The lowest BCUT2D eigenvalue weighted by atomic mass is 10.2. The zero-order valence-corrected chi connectivity index (χ0v) is 4.78. The standard InChI is InChI=1S/C6H10N2/c1-2-5-6(3-1)8-4-7-5/h2,6-8H,1,3-4H2. The Labute approximate surface area is 49.0 Å². The van der Waals surface area contributed by atoms with Gasteiger partial charge < -0.3 is 5.32 Å². The van der Waals surface area contributed by atoms with Crippen LogP contribution in [0, 0.1) is 0 Å². The van der Waals surface area contributed by atoms with Gasteiger partial charge in [-0.3, -0.25) is 5.32 Å². The summed E-state index contributed by atoms with van der Waals surface area (Å²) in [5, 5.41) is 6.61. The number of allylic oxidation sites excluding steroid dienone is 1. The van der Waals surface area contributed by atoms with Gasteiger partial charge in [0.05, 0.1) is 6.67 Å². The SMILES string of the molecule is C1=C2NCNC2CC1. The Morgan fingerprint density at radius 1 is 1.62 bits per heavy atom. The summed E-state index contributed by atoms with van der Waals surface area (Å²) in [6.07, 6.45) is 4.83. The Morgan fingerprint density at radius 2 is 2.62 bits per heavy atom. The zero-order chi connectivity index (χ0) is 5.40. The van der Waals surface area contributed by atoms with Crippen LogP contribution in [0.15, 0.2) is 11.8 Å². The lowest BCUT2D eigenvalue weighted by Crippen LogP contribution is -2.19. The zero-order valence-electron chi connectivity index (χ0n) is 4.78. The summed E-state index contributed by atoms with van der Waals surface area (Å²) >= 11 is 0. The largest absolute Gasteiger partial charge is 0.375 e. The van der Waals surface area contributed by atoms with Crippen LogP contribution in [0.5, 0.6) is 0 Å². The van der Waals surface area contributed by atoms with Crippen LogP contribution in [0.25, 0.3) is 0 Å². The Kier molecular flexibility index (Phi) is 0.815. The summed E-state index contributed by atoms with van der Waals surface area (Å²) in [4.78, 5) is 0. The van der Waals surface area contributed by atoms with Crippen molar-refractivity contribution in [2.45, 2.75) is 18.9 Å². The van der Waals surface area contributed by atoms with E-state index in [1.54, 1.807) is 0 Å². The van der Waals surface area contributed by atoms with Crippen LogP contribution in [-0.4, -0.2) is 12.7 Å². The first kappa shape index (κ1) is 4.39. The third-order valence-corrected chi connectivity index (χ3v) is 1.84. The first-order valence-corrected chi connectivity index (χ1v) is 3.14. The van der Waals surface area contributed by atoms with Crippen molar-refractivity contribution in [2.24, 2.45) is 0 Å². The van der Waals surface area contributed by atoms with Gasteiger partial charge in [0, 0.05) is 11.7 Å². The van der Waals surface area contributed by atoms with Crippen molar-refractivity contribution in [3.8, 4) is 0 Å². The highest BCUT2D eigenvalue weighted by atomic mass is 15.2. The minimum atomic E-state index is 0.676. The average Bonchev–Trinajstić information content (AvgIpc) is 2.15. The Balaban J connectivity index is 2.20. The molecule has 8 heavy (non-hydrogen) atoms. The fourth-order valence-corrected chi connectivity index (χ4v) is 1.39. The fourth-order valence-electron chi connectivity index (χ4n) is 1.39. The third kappa shape index (κ3) is 0.464. The van der Waals surface area contributed by atoms with Crippen LogP contribution in [-0.2, 0) is 0 Å². The van der Waals surface area contributed by atoms with Crippen LogP contribution in [0.4, 0.5) is 0 Å². The highest BCUT2D eigenvalue weighted by Crippen LogP contribution is 2.18. The Bertz CT molecular complexity index is 128. The van der Waals surface area contributed by atoms with E-state index in [-0.39, 0.29) is 0 Å².